The normalized spacial score (nSPS) is 15.2. The second kappa shape index (κ2) is 12.6. The van der Waals surface area contributed by atoms with Gasteiger partial charge in [0.05, 0.1) is 11.3 Å². The fourth-order valence-corrected chi connectivity index (χ4v) is 5.58. The van der Waals surface area contributed by atoms with Crippen LogP contribution in [0, 0.1) is 24.8 Å². The fraction of sp³-hybridized carbons (Fsp3) is 0.412. The minimum Gasteiger partial charge on any atom is -0.512 e. The van der Waals surface area contributed by atoms with Gasteiger partial charge in [-0.25, -0.2) is 0 Å². The Balaban J connectivity index is 0.000000263. The number of hydrogen-bond acceptors (Lipinski definition) is 4. The molecule has 5 heteroatoms. The number of carbonyl (C=O) groups excluding carboxylic acids is 1. The summed E-state index contributed by atoms with van der Waals surface area (Å²) in [4.78, 5) is 16.3. The number of aryl methyl sites for hydroxylation is 1. The third kappa shape index (κ3) is 5.76. The first-order valence-corrected chi connectivity index (χ1v) is 13.7. The van der Waals surface area contributed by atoms with E-state index in [0.717, 1.165) is 70.0 Å². The van der Waals surface area contributed by atoms with Crippen LogP contribution in [0.2, 0.25) is 0 Å². The molecule has 0 atom stereocenters. The van der Waals surface area contributed by atoms with Gasteiger partial charge in [0, 0.05) is 53.7 Å². The van der Waals surface area contributed by atoms with Crippen molar-refractivity contribution >= 4 is 27.7 Å². The molecule has 4 nitrogen and oxygen atoms in total. The molecule has 39 heavy (non-hydrogen) atoms. The van der Waals surface area contributed by atoms with Gasteiger partial charge in [0.1, 0.15) is 5.58 Å². The first-order chi connectivity index (χ1) is 19.4. The first kappa shape index (κ1) is 26.5. The standard InChI is InChI=1S/C21H16NO.C13H24O2.Ir/c1-12-10-15-20(22-11-12)13-6-4-8-16-18(13)19-14(21(15,2)3)7-5-9-17(19)23-16;1-5-10(6-2)12(14)9-13(15)11(7-3)8-4;/h4-5,7-11H,1-3H3;9-11,14H,5-8H2,1-4H3;/q-1;;/b;12-9-;/i1D3;;. The van der Waals surface area contributed by atoms with Gasteiger partial charge in [-0.3, -0.25) is 4.79 Å². The van der Waals surface area contributed by atoms with E-state index in [-0.39, 0.29) is 49.0 Å². The molecule has 0 unspecified atom stereocenters. The van der Waals surface area contributed by atoms with Gasteiger partial charge in [-0.1, -0.05) is 76.8 Å². The van der Waals surface area contributed by atoms with Crippen molar-refractivity contribution in [3.63, 3.8) is 0 Å². The molecule has 1 radical (unpaired) electrons. The molecule has 0 saturated heterocycles. The molecule has 0 bridgehead atoms. The van der Waals surface area contributed by atoms with Crippen LogP contribution in [-0.4, -0.2) is 15.9 Å². The molecule has 209 valence electrons. The van der Waals surface area contributed by atoms with Crippen LogP contribution >= 0.6 is 0 Å². The molecular weight excluding hydrogens is 663 g/mol. The van der Waals surface area contributed by atoms with Gasteiger partial charge in [0.2, 0.25) is 0 Å². The van der Waals surface area contributed by atoms with Crippen molar-refractivity contribution < 1.29 is 38.5 Å². The van der Waals surface area contributed by atoms with Crippen LogP contribution in [0.15, 0.2) is 58.8 Å². The van der Waals surface area contributed by atoms with Gasteiger partial charge < -0.3 is 14.5 Å². The second-order valence-corrected chi connectivity index (χ2v) is 10.6. The van der Waals surface area contributed by atoms with Crippen LogP contribution < -0.4 is 0 Å². The summed E-state index contributed by atoms with van der Waals surface area (Å²) < 4.78 is 29.4. The zero-order valence-electron chi connectivity index (χ0n) is 26.6. The van der Waals surface area contributed by atoms with Crippen molar-refractivity contribution in [3.05, 3.63) is 77.2 Å². The van der Waals surface area contributed by atoms with Crippen molar-refractivity contribution in [1.82, 2.24) is 4.98 Å². The van der Waals surface area contributed by atoms with E-state index in [9.17, 15) is 9.90 Å². The van der Waals surface area contributed by atoms with Crippen molar-refractivity contribution in [3.8, 4) is 11.3 Å². The number of ketones is 1. The zero-order chi connectivity index (χ0) is 30.1. The van der Waals surface area contributed by atoms with Gasteiger partial charge >= 0.3 is 0 Å². The molecule has 0 fully saturated rings. The van der Waals surface area contributed by atoms with Gasteiger partial charge in [-0.05, 0) is 60.8 Å². The molecular formula is C34H40IrNO3-. The SMILES string of the molecule is CCC(CC)C(=O)/C=C(\O)C(CC)CC.[2H]C([2H])([2H])c1cnc2c(c1)C(C)(C)c1cccc3oc4cc[c-]c-2c4c13.[Ir]. The number of rotatable bonds is 7. The number of benzene rings is 2. The molecule has 1 N–H and O–H groups in total. The number of nitrogens with zero attached hydrogens (tertiary/aromatic N) is 1. The summed E-state index contributed by atoms with van der Waals surface area (Å²) in [6.07, 6.45) is 6.37. The fourth-order valence-electron chi connectivity index (χ4n) is 5.58. The number of aromatic nitrogens is 1. The van der Waals surface area contributed by atoms with E-state index in [0.29, 0.717) is 0 Å². The van der Waals surface area contributed by atoms with Crippen molar-refractivity contribution in [1.29, 1.82) is 0 Å². The van der Waals surface area contributed by atoms with Gasteiger partial charge in [-0.2, -0.15) is 0 Å². The van der Waals surface area contributed by atoms with Crippen LogP contribution in [0.25, 0.3) is 33.2 Å². The predicted octanol–water partition coefficient (Wildman–Crippen LogP) is 9.26. The van der Waals surface area contributed by atoms with Gasteiger partial charge in [0.15, 0.2) is 5.78 Å². The number of hydrogen-bond donors (Lipinski definition) is 1. The molecule has 2 heterocycles. The van der Waals surface area contributed by atoms with Gasteiger partial charge in [-0.15, -0.1) is 17.7 Å². The number of fused-ring (bicyclic) bond motifs is 2. The second-order valence-electron chi connectivity index (χ2n) is 10.6. The Kier molecular flexibility index (Phi) is 8.56. The Hall–Kier alpha value is -2.75. The maximum atomic E-state index is 11.7. The maximum absolute atomic E-state index is 11.7. The van der Waals surface area contributed by atoms with E-state index < -0.39 is 12.3 Å². The number of furan rings is 1. The van der Waals surface area contributed by atoms with Crippen LogP contribution in [0.4, 0.5) is 0 Å². The first-order valence-electron chi connectivity index (χ1n) is 15.2. The molecule has 1 aliphatic rings. The average molecular weight is 706 g/mol. The zero-order valence-corrected chi connectivity index (χ0v) is 26.0. The van der Waals surface area contributed by atoms with E-state index >= 15 is 0 Å². The number of aliphatic hydroxyl groups excluding tert-OH is 1. The van der Waals surface area contributed by atoms with E-state index in [1.54, 1.807) is 6.07 Å². The maximum Gasteiger partial charge on any atom is 0.162 e. The molecule has 0 saturated carbocycles. The molecule has 2 aromatic carbocycles. The van der Waals surface area contributed by atoms with E-state index in [1.807, 2.05) is 52.0 Å². The minimum absolute atomic E-state index is 0. The van der Waals surface area contributed by atoms with Crippen LogP contribution in [0.1, 0.15) is 88.0 Å². The molecule has 0 amide bonds. The molecule has 0 aliphatic heterocycles. The predicted molar refractivity (Wildman–Crippen MR) is 157 cm³/mol. The van der Waals surface area contributed by atoms with Crippen molar-refractivity contribution in [2.45, 2.75) is 79.5 Å². The summed E-state index contributed by atoms with van der Waals surface area (Å²) in [5.74, 6) is 0.547. The summed E-state index contributed by atoms with van der Waals surface area (Å²) in [7, 11) is 0. The van der Waals surface area contributed by atoms with Gasteiger partial charge in [0.25, 0.3) is 0 Å². The van der Waals surface area contributed by atoms with E-state index in [4.69, 9.17) is 8.53 Å². The Labute approximate surface area is 250 Å². The summed E-state index contributed by atoms with van der Waals surface area (Å²) in [5.41, 5.74) is 5.11. The number of aliphatic hydroxyl groups is 1. The number of pyridine rings is 1. The number of allylic oxidation sites excluding steroid dienone is 2. The molecule has 5 rings (SSSR count). The van der Waals surface area contributed by atoms with Crippen LogP contribution in [0.3, 0.4) is 0 Å². The monoisotopic (exact) mass is 706 g/mol. The third-order valence-electron chi connectivity index (χ3n) is 8.01. The molecule has 4 aromatic rings. The van der Waals surface area contributed by atoms with E-state index in [1.165, 1.54) is 12.3 Å². The summed E-state index contributed by atoms with van der Waals surface area (Å²) in [6, 6.07) is 14.9. The topological polar surface area (TPSA) is 63.3 Å². The summed E-state index contributed by atoms with van der Waals surface area (Å²) >= 11 is 0. The quantitative estimate of drug-likeness (QED) is 0.118. The molecule has 0 spiro atoms. The third-order valence-corrected chi connectivity index (χ3v) is 8.01. The van der Waals surface area contributed by atoms with E-state index in [2.05, 4.69) is 31.0 Å². The average Bonchev–Trinajstić information content (AvgIpc) is 3.29. The molecule has 1 aliphatic carbocycles. The Bertz CT molecular complexity index is 1600. The van der Waals surface area contributed by atoms with Crippen molar-refractivity contribution in [2.24, 2.45) is 11.8 Å². The largest absolute Gasteiger partial charge is 0.512 e. The Morgan fingerprint density at radius 3 is 2.36 bits per heavy atom. The minimum atomic E-state index is -2.19. The van der Waals surface area contributed by atoms with Crippen LogP contribution in [0.5, 0.6) is 0 Å². The Morgan fingerprint density at radius 1 is 1.05 bits per heavy atom. The molecule has 2 aromatic heterocycles. The smallest absolute Gasteiger partial charge is 0.162 e. The van der Waals surface area contributed by atoms with Crippen molar-refractivity contribution in [2.75, 3.05) is 0 Å². The Morgan fingerprint density at radius 2 is 1.72 bits per heavy atom. The van der Waals surface area contributed by atoms with Crippen LogP contribution in [-0.2, 0) is 30.3 Å². The number of carbonyl (C=O) groups is 1. The summed E-state index contributed by atoms with van der Waals surface area (Å²) in [5, 5.41) is 11.8. The summed E-state index contributed by atoms with van der Waals surface area (Å²) in [6.45, 7) is 10.1.